The van der Waals surface area contributed by atoms with Gasteiger partial charge in [0.15, 0.2) is 5.82 Å². The smallest absolute Gasteiger partial charge is 0.270 e. The molecule has 1 aromatic carbocycles. The molecule has 92 valence electrons. The Bertz CT molecular complexity index is 602. The lowest BCUT2D eigenvalue weighted by Crippen LogP contribution is -2.02. The van der Waals surface area contributed by atoms with Crippen molar-refractivity contribution in [1.29, 1.82) is 0 Å². The van der Waals surface area contributed by atoms with E-state index in [0.717, 1.165) is 11.3 Å². The molecule has 1 heterocycles. The fraction of sp³-hybridized carbons (Fsp3) is 0.167. The van der Waals surface area contributed by atoms with Crippen LogP contribution in [-0.4, -0.2) is 14.9 Å². The summed E-state index contributed by atoms with van der Waals surface area (Å²) in [6.07, 6.45) is 0. The van der Waals surface area contributed by atoms with Gasteiger partial charge in [-0.1, -0.05) is 12.1 Å². The number of nitro groups is 1. The van der Waals surface area contributed by atoms with Crippen LogP contribution < -0.4 is 5.73 Å². The summed E-state index contributed by atoms with van der Waals surface area (Å²) >= 11 is 0. The third-order valence-corrected chi connectivity index (χ3v) is 2.74. The summed E-state index contributed by atoms with van der Waals surface area (Å²) in [4.78, 5) is 18.7. The largest absolute Gasteiger partial charge is 0.383 e. The molecule has 0 amide bonds. The van der Waals surface area contributed by atoms with E-state index in [0.29, 0.717) is 17.2 Å². The highest BCUT2D eigenvalue weighted by atomic mass is 16.6. The molecule has 6 heteroatoms. The number of nitrogen functional groups attached to an aromatic ring is 1. The van der Waals surface area contributed by atoms with Gasteiger partial charge in [0.2, 0.25) is 0 Å². The molecule has 0 spiro atoms. The number of benzene rings is 1. The normalized spacial score (nSPS) is 10.3. The van der Waals surface area contributed by atoms with Crippen molar-refractivity contribution in [3.8, 4) is 11.4 Å². The van der Waals surface area contributed by atoms with Crippen molar-refractivity contribution in [1.82, 2.24) is 9.97 Å². The van der Waals surface area contributed by atoms with Gasteiger partial charge >= 0.3 is 0 Å². The van der Waals surface area contributed by atoms with E-state index in [1.807, 2.05) is 13.8 Å². The zero-order valence-electron chi connectivity index (χ0n) is 10.0. The van der Waals surface area contributed by atoms with Gasteiger partial charge in [0, 0.05) is 29.0 Å². The van der Waals surface area contributed by atoms with E-state index in [2.05, 4.69) is 9.97 Å². The van der Waals surface area contributed by atoms with Crippen LogP contribution in [0.3, 0.4) is 0 Å². The first kappa shape index (κ1) is 12.0. The summed E-state index contributed by atoms with van der Waals surface area (Å²) in [5, 5.41) is 10.7. The molecule has 0 radical (unpaired) electrons. The van der Waals surface area contributed by atoms with Crippen molar-refractivity contribution in [2.75, 3.05) is 5.73 Å². The van der Waals surface area contributed by atoms with Crippen LogP contribution in [0.1, 0.15) is 11.3 Å². The minimum atomic E-state index is -0.450. The van der Waals surface area contributed by atoms with Crippen molar-refractivity contribution in [2.24, 2.45) is 0 Å². The summed E-state index contributed by atoms with van der Waals surface area (Å²) in [5.74, 6) is 0.795. The van der Waals surface area contributed by atoms with E-state index in [1.54, 1.807) is 12.1 Å². The molecule has 0 unspecified atom stereocenters. The predicted molar refractivity (Wildman–Crippen MR) is 68.0 cm³/mol. The quantitative estimate of drug-likeness (QED) is 0.645. The molecule has 0 fully saturated rings. The summed E-state index contributed by atoms with van der Waals surface area (Å²) < 4.78 is 0. The number of non-ortho nitro benzene ring substituents is 1. The number of nitrogens with two attached hydrogens (primary N) is 1. The second kappa shape index (κ2) is 4.40. The summed E-state index contributed by atoms with van der Waals surface area (Å²) in [5.41, 5.74) is 7.95. The highest BCUT2D eigenvalue weighted by Crippen LogP contribution is 2.23. The van der Waals surface area contributed by atoms with Gasteiger partial charge in [-0.2, -0.15) is 0 Å². The van der Waals surface area contributed by atoms with Crippen LogP contribution in [0, 0.1) is 24.0 Å². The molecular weight excluding hydrogens is 232 g/mol. The maximum absolute atomic E-state index is 10.7. The second-order valence-corrected chi connectivity index (χ2v) is 3.95. The van der Waals surface area contributed by atoms with Gasteiger partial charge in [-0.3, -0.25) is 10.1 Å². The predicted octanol–water partition coefficient (Wildman–Crippen LogP) is 2.25. The number of aryl methyl sites for hydroxylation is 1. The van der Waals surface area contributed by atoms with Crippen LogP contribution in [-0.2, 0) is 0 Å². The van der Waals surface area contributed by atoms with Crippen molar-refractivity contribution in [3.63, 3.8) is 0 Å². The van der Waals surface area contributed by atoms with Crippen LogP contribution in [0.15, 0.2) is 24.3 Å². The third kappa shape index (κ3) is 2.13. The fourth-order valence-corrected chi connectivity index (χ4v) is 1.54. The first-order valence-electron chi connectivity index (χ1n) is 5.34. The van der Waals surface area contributed by atoms with Gasteiger partial charge in [0.05, 0.1) is 4.92 Å². The molecule has 2 N–H and O–H groups in total. The summed E-state index contributed by atoms with van der Waals surface area (Å²) in [6, 6.07) is 6.18. The molecule has 0 aliphatic carbocycles. The van der Waals surface area contributed by atoms with E-state index >= 15 is 0 Å². The lowest BCUT2D eigenvalue weighted by Gasteiger charge is -2.06. The number of hydrogen-bond acceptors (Lipinski definition) is 5. The molecule has 6 nitrogen and oxygen atoms in total. The number of rotatable bonds is 2. The van der Waals surface area contributed by atoms with Gasteiger partial charge in [-0.25, -0.2) is 9.97 Å². The minimum Gasteiger partial charge on any atom is -0.383 e. The molecule has 0 aliphatic rings. The number of anilines is 1. The summed E-state index contributed by atoms with van der Waals surface area (Å²) in [7, 11) is 0. The van der Waals surface area contributed by atoms with Crippen LogP contribution in [0.5, 0.6) is 0 Å². The molecule has 0 saturated carbocycles. The Kier molecular flexibility index (Phi) is 2.93. The van der Waals surface area contributed by atoms with E-state index < -0.39 is 4.92 Å². The van der Waals surface area contributed by atoms with E-state index in [1.165, 1.54) is 12.1 Å². The first-order valence-corrected chi connectivity index (χ1v) is 5.34. The van der Waals surface area contributed by atoms with E-state index in [4.69, 9.17) is 5.73 Å². The van der Waals surface area contributed by atoms with Crippen LogP contribution in [0.25, 0.3) is 11.4 Å². The van der Waals surface area contributed by atoms with Gasteiger partial charge in [-0.05, 0) is 13.8 Å². The minimum absolute atomic E-state index is 0.00731. The first-order chi connectivity index (χ1) is 8.49. The Morgan fingerprint density at radius 1 is 1.28 bits per heavy atom. The second-order valence-electron chi connectivity index (χ2n) is 3.95. The average molecular weight is 244 g/mol. The number of nitrogens with zero attached hydrogens (tertiary/aromatic N) is 3. The Morgan fingerprint density at radius 3 is 2.61 bits per heavy atom. The third-order valence-electron chi connectivity index (χ3n) is 2.74. The Labute approximate surface area is 104 Å². The Morgan fingerprint density at radius 2 is 2.00 bits per heavy atom. The monoisotopic (exact) mass is 244 g/mol. The van der Waals surface area contributed by atoms with Crippen molar-refractivity contribution >= 4 is 11.5 Å². The van der Waals surface area contributed by atoms with Gasteiger partial charge in [0.1, 0.15) is 5.82 Å². The van der Waals surface area contributed by atoms with Gasteiger partial charge in [0.25, 0.3) is 5.69 Å². The Hall–Kier alpha value is -2.50. The lowest BCUT2D eigenvalue weighted by molar-refractivity contribution is -0.384. The molecule has 0 atom stereocenters. The fourth-order valence-electron chi connectivity index (χ4n) is 1.54. The standard InChI is InChI=1S/C12H12N4O2/c1-7-8(2)14-12(15-11(7)13)9-4-3-5-10(6-9)16(17)18/h3-6H,1-2H3,(H2,13,14,15). The molecule has 2 aromatic rings. The molecule has 18 heavy (non-hydrogen) atoms. The summed E-state index contributed by atoms with van der Waals surface area (Å²) in [6.45, 7) is 3.66. The number of hydrogen-bond donors (Lipinski definition) is 1. The topological polar surface area (TPSA) is 94.9 Å². The Balaban J connectivity index is 2.55. The SMILES string of the molecule is Cc1nc(-c2cccc([N+](=O)[O-])c2)nc(N)c1C. The van der Waals surface area contributed by atoms with E-state index in [-0.39, 0.29) is 5.69 Å². The van der Waals surface area contributed by atoms with Crippen LogP contribution in [0.4, 0.5) is 11.5 Å². The van der Waals surface area contributed by atoms with Crippen molar-refractivity contribution in [3.05, 3.63) is 45.6 Å². The lowest BCUT2D eigenvalue weighted by atomic mass is 10.1. The molecule has 0 bridgehead atoms. The van der Waals surface area contributed by atoms with Crippen molar-refractivity contribution in [2.45, 2.75) is 13.8 Å². The van der Waals surface area contributed by atoms with E-state index in [9.17, 15) is 10.1 Å². The number of aromatic nitrogens is 2. The molecular formula is C12H12N4O2. The highest BCUT2D eigenvalue weighted by Gasteiger charge is 2.11. The van der Waals surface area contributed by atoms with Crippen LogP contribution >= 0.6 is 0 Å². The number of nitro benzene ring substituents is 1. The maximum Gasteiger partial charge on any atom is 0.270 e. The van der Waals surface area contributed by atoms with Crippen LogP contribution in [0.2, 0.25) is 0 Å². The molecule has 1 aromatic heterocycles. The molecule has 0 aliphatic heterocycles. The maximum atomic E-state index is 10.7. The highest BCUT2D eigenvalue weighted by molar-refractivity contribution is 5.61. The average Bonchev–Trinajstić information content (AvgIpc) is 2.35. The zero-order chi connectivity index (χ0) is 13.3. The van der Waals surface area contributed by atoms with Gasteiger partial charge in [-0.15, -0.1) is 0 Å². The zero-order valence-corrected chi connectivity index (χ0v) is 10.0. The van der Waals surface area contributed by atoms with Crippen molar-refractivity contribution < 1.29 is 4.92 Å². The van der Waals surface area contributed by atoms with Gasteiger partial charge < -0.3 is 5.73 Å². The molecule has 0 saturated heterocycles. The molecule has 2 rings (SSSR count).